The average molecular weight is 399 g/mol. The fourth-order valence-electron chi connectivity index (χ4n) is 2.93. The number of thiazole rings is 1. The Bertz CT molecular complexity index is 935. The van der Waals surface area contributed by atoms with E-state index in [1.165, 1.54) is 10.5 Å². The molecule has 1 aromatic heterocycles. The standard InChI is InChI=1S/C22H27N3O2S/c1-5-16-7-12-19-20(15-16)28-22(23-19)25(14-13-24(3)4)21(26)17-8-10-18(11-9-17)27-6-2/h7-12,15H,5-6,13-14H2,1-4H3/p+1. The second-order valence-corrected chi connectivity index (χ2v) is 8.03. The Morgan fingerprint density at radius 1 is 1.14 bits per heavy atom. The van der Waals surface area contributed by atoms with Gasteiger partial charge in [-0.05, 0) is 55.3 Å². The quantitative estimate of drug-likeness (QED) is 0.634. The van der Waals surface area contributed by atoms with Crippen LogP contribution in [0.4, 0.5) is 5.13 Å². The number of carbonyl (C=O) groups excluding carboxylic acids is 1. The summed E-state index contributed by atoms with van der Waals surface area (Å²) in [5, 5.41) is 0.753. The van der Waals surface area contributed by atoms with E-state index in [0.717, 1.165) is 34.1 Å². The minimum atomic E-state index is -0.0286. The monoisotopic (exact) mass is 398 g/mol. The van der Waals surface area contributed by atoms with Gasteiger partial charge in [-0.15, -0.1) is 0 Å². The summed E-state index contributed by atoms with van der Waals surface area (Å²) >= 11 is 1.58. The first-order valence-corrected chi connectivity index (χ1v) is 10.6. The molecule has 148 valence electrons. The highest BCUT2D eigenvalue weighted by atomic mass is 32.1. The fraction of sp³-hybridized carbons (Fsp3) is 0.364. The Hall–Kier alpha value is -2.44. The third kappa shape index (κ3) is 4.69. The van der Waals surface area contributed by atoms with Crippen molar-refractivity contribution in [1.29, 1.82) is 0 Å². The number of hydrogen-bond acceptors (Lipinski definition) is 4. The summed E-state index contributed by atoms with van der Waals surface area (Å²) in [6.45, 7) is 6.16. The maximum absolute atomic E-state index is 13.3. The number of fused-ring (bicyclic) bond motifs is 1. The molecule has 3 rings (SSSR count). The highest BCUT2D eigenvalue weighted by Gasteiger charge is 2.22. The first kappa shape index (κ1) is 20.3. The van der Waals surface area contributed by atoms with Crippen LogP contribution < -0.4 is 14.5 Å². The largest absolute Gasteiger partial charge is 0.494 e. The van der Waals surface area contributed by atoms with E-state index in [2.05, 4.69) is 33.2 Å². The number of ether oxygens (including phenoxy) is 1. The first-order valence-electron chi connectivity index (χ1n) is 9.75. The van der Waals surface area contributed by atoms with Crippen LogP contribution in [0.2, 0.25) is 0 Å². The van der Waals surface area contributed by atoms with E-state index in [4.69, 9.17) is 9.72 Å². The predicted octanol–water partition coefficient (Wildman–Crippen LogP) is 3.05. The third-order valence-corrected chi connectivity index (χ3v) is 5.61. The highest BCUT2D eigenvalue weighted by molar-refractivity contribution is 7.22. The summed E-state index contributed by atoms with van der Waals surface area (Å²) in [4.78, 5) is 21.1. The average Bonchev–Trinajstić information content (AvgIpc) is 3.11. The van der Waals surface area contributed by atoms with Gasteiger partial charge in [-0.2, -0.15) is 0 Å². The van der Waals surface area contributed by atoms with Gasteiger partial charge >= 0.3 is 0 Å². The summed E-state index contributed by atoms with van der Waals surface area (Å²) in [7, 11) is 4.18. The number of hydrogen-bond donors (Lipinski definition) is 1. The molecule has 6 heteroatoms. The van der Waals surface area contributed by atoms with Gasteiger partial charge in [-0.25, -0.2) is 4.98 Å². The van der Waals surface area contributed by atoms with E-state index >= 15 is 0 Å². The Morgan fingerprint density at radius 2 is 1.89 bits per heavy atom. The zero-order chi connectivity index (χ0) is 20.1. The number of benzene rings is 2. The van der Waals surface area contributed by atoms with Crippen molar-refractivity contribution < 1.29 is 14.4 Å². The summed E-state index contributed by atoms with van der Waals surface area (Å²) in [6.07, 6.45) is 0.988. The van der Waals surface area contributed by atoms with Gasteiger partial charge in [0.25, 0.3) is 5.91 Å². The molecule has 0 fully saturated rings. The molecular formula is C22H28N3O2S+. The zero-order valence-corrected chi connectivity index (χ0v) is 17.8. The topological polar surface area (TPSA) is 46.9 Å². The van der Waals surface area contributed by atoms with Crippen molar-refractivity contribution in [3.05, 3.63) is 53.6 Å². The molecule has 1 N–H and O–H groups in total. The number of amides is 1. The molecule has 0 bridgehead atoms. The van der Waals surface area contributed by atoms with Gasteiger partial charge in [-0.3, -0.25) is 9.69 Å². The lowest BCUT2D eigenvalue weighted by molar-refractivity contribution is -0.856. The van der Waals surface area contributed by atoms with Crippen LogP contribution in [0.15, 0.2) is 42.5 Å². The molecule has 0 saturated carbocycles. The molecule has 0 aliphatic rings. The lowest BCUT2D eigenvalue weighted by Gasteiger charge is -2.20. The van der Waals surface area contributed by atoms with E-state index in [1.807, 2.05) is 37.3 Å². The number of quaternary nitrogens is 1. The molecule has 0 radical (unpaired) electrons. The summed E-state index contributed by atoms with van der Waals surface area (Å²) in [6, 6.07) is 13.7. The number of likely N-dealkylation sites (N-methyl/N-ethyl adjacent to an activating group) is 1. The van der Waals surface area contributed by atoms with Crippen molar-refractivity contribution in [3.63, 3.8) is 0 Å². The molecule has 0 aliphatic carbocycles. The lowest BCUT2D eigenvalue weighted by atomic mass is 10.2. The van der Waals surface area contributed by atoms with Crippen molar-refractivity contribution in [2.75, 3.05) is 38.7 Å². The molecule has 0 atom stereocenters. The van der Waals surface area contributed by atoms with Gasteiger partial charge in [0.1, 0.15) is 5.75 Å². The van der Waals surface area contributed by atoms with Crippen LogP contribution in [0.5, 0.6) is 5.75 Å². The van der Waals surface area contributed by atoms with Crippen molar-refractivity contribution in [3.8, 4) is 5.75 Å². The maximum atomic E-state index is 13.3. The van der Waals surface area contributed by atoms with Gasteiger partial charge in [0, 0.05) is 5.56 Å². The molecule has 0 aliphatic heterocycles. The number of aromatic nitrogens is 1. The molecule has 5 nitrogen and oxygen atoms in total. The van der Waals surface area contributed by atoms with Crippen molar-refractivity contribution >= 4 is 32.6 Å². The van der Waals surface area contributed by atoms with Crippen LogP contribution in [-0.2, 0) is 6.42 Å². The van der Waals surface area contributed by atoms with Crippen LogP contribution in [0.3, 0.4) is 0 Å². The first-order chi connectivity index (χ1) is 13.5. The number of rotatable bonds is 8. The summed E-state index contributed by atoms with van der Waals surface area (Å²) < 4.78 is 6.61. The van der Waals surface area contributed by atoms with Gasteiger partial charge in [0.05, 0.1) is 44.0 Å². The second-order valence-electron chi connectivity index (χ2n) is 7.02. The number of carbonyl (C=O) groups is 1. The Morgan fingerprint density at radius 3 is 2.54 bits per heavy atom. The van der Waals surface area contributed by atoms with Gasteiger partial charge < -0.3 is 9.64 Å². The summed E-state index contributed by atoms with van der Waals surface area (Å²) in [5.74, 6) is 0.745. The molecule has 2 aromatic carbocycles. The van der Waals surface area contributed by atoms with Crippen LogP contribution in [0, 0.1) is 0 Å². The lowest BCUT2D eigenvalue weighted by Crippen LogP contribution is -3.06. The van der Waals surface area contributed by atoms with Crippen LogP contribution >= 0.6 is 11.3 Å². The molecule has 0 unspecified atom stereocenters. The Labute approximate surface area is 170 Å². The zero-order valence-electron chi connectivity index (χ0n) is 17.0. The molecule has 0 saturated heterocycles. The van der Waals surface area contributed by atoms with E-state index in [0.29, 0.717) is 18.7 Å². The predicted molar refractivity (Wildman–Crippen MR) is 116 cm³/mol. The molecule has 3 aromatic rings. The Kier molecular flexibility index (Phi) is 6.65. The molecule has 0 spiro atoms. The van der Waals surface area contributed by atoms with Crippen molar-refractivity contribution in [1.82, 2.24) is 4.98 Å². The number of aryl methyl sites for hydroxylation is 1. The van der Waals surface area contributed by atoms with Crippen LogP contribution in [-0.4, -0.2) is 44.7 Å². The van der Waals surface area contributed by atoms with Crippen LogP contribution in [0.1, 0.15) is 29.8 Å². The van der Waals surface area contributed by atoms with Gasteiger partial charge in [-0.1, -0.05) is 24.3 Å². The molecule has 28 heavy (non-hydrogen) atoms. The highest BCUT2D eigenvalue weighted by Crippen LogP contribution is 2.30. The molecule has 1 heterocycles. The Balaban J connectivity index is 1.92. The minimum Gasteiger partial charge on any atom is -0.494 e. The smallest absolute Gasteiger partial charge is 0.260 e. The van der Waals surface area contributed by atoms with Crippen molar-refractivity contribution in [2.45, 2.75) is 20.3 Å². The van der Waals surface area contributed by atoms with Crippen LogP contribution in [0.25, 0.3) is 10.2 Å². The molecular weight excluding hydrogens is 370 g/mol. The number of nitrogens with zero attached hydrogens (tertiary/aromatic N) is 2. The minimum absolute atomic E-state index is 0.0286. The second kappa shape index (κ2) is 9.17. The van der Waals surface area contributed by atoms with Crippen molar-refractivity contribution in [2.24, 2.45) is 0 Å². The SMILES string of the molecule is CCOc1ccc(C(=O)N(CC[NH+](C)C)c2nc3ccc(CC)cc3s2)cc1. The van der Waals surface area contributed by atoms with Gasteiger partial charge in [0.2, 0.25) is 0 Å². The third-order valence-electron chi connectivity index (χ3n) is 4.57. The number of anilines is 1. The van der Waals surface area contributed by atoms with E-state index in [1.54, 1.807) is 16.2 Å². The van der Waals surface area contributed by atoms with E-state index in [9.17, 15) is 4.79 Å². The number of nitrogens with one attached hydrogen (secondary N) is 1. The van der Waals surface area contributed by atoms with E-state index < -0.39 is 0 Å². The van der Waals surface area contributed by atoms with E-state index in [-0.39, 0.29) is 5.91 Å². The normalized spacial score (nSPS) is 11.2. The fourth-order valence-corrected chi connectivity index (χ4v) is 3.98. The van der Waals surface area contributed by atoms with Gasteiger partial charge in [0.15, 0.2) is 5.13 Å². The molecule has 1 amide bonds. The summed E-state index contributed by atoms with van der Waals surface area (Å²) in [5.41, 5.74) is 2.87. The maximum Gasteiger partial charge on any atom is 0.260 e.